The van der Waals surface area contributed by atoms with E-state index in [0.29, 0.717) is 0 Å². The minimum absolute atomic E-state index is 0.0498. The quantitative estimate of drug-likeness (QED) is 0.464. The standard InChI is InChI=1S/C13H16N4O5S/c1-10(2)22-12-8-9-14-13(15-12,17(18)19)16-23(20,21)11-6-4-3-5-7-11/h3-10,14,16H,1-2H3. The molecule has 2 rings (SSSR count). The Balaban J connectivity index is 2.38. The fourth-order valence-electron chi connectivity index (χ4n) is 1.79. The summed E-state index contributed by atoms with van der Waals surface area (Å²) in [7, 11) is -4.17. The third kappa shape index (κ3) is 3.85. The van der Waals surface area contributed by atoms with Crippen LogP contribution < -0.4 is 10.0 Å². The van der Waals surface area contributed by atoms with Gasteiger partial charge in [-0.2, -0.15) is 0 Å². The molecular weight excluding hydrogens is 324 g/mol. The fourth-order valence-corrected chi connectivity index (χ4v) is 2.98. The molecule has 1 aliphatic heterocycles. The van der Waals surface area contributed by atoms with Crippen LogP contribution in [0.25, 0.3) is 0 Å². The van der Waals surface area contributed by atoms with Crippen LogP contribution in [-0.2, 0) is 14.8 Å². The minimum atomic E-state index is -4.17. The van der Waals surface area contributed by atoms with Crippen molar-refractivity contribution in [1.82, 2.24) is 10.0 Å². The number of nitrogens with one attached hydrogen (secondary N) is 2. The Morgan fingerprint density at radius 1 is 1.35 bits per heavy atom. The highest BCUT2D eigenvalue weighted by Gasteiger charge is 2.48. The monoisotopic (exact) mass is 340 g/mol. The summed E-state index contributed by atoms with van der Waals surface area (Å²) in [5.41, 5.74) is 0. The second-order valence-corrected chi connectivity index (χ2v) is 6.62. The lowest BCUT2D eigenvalue weighted by Gasteiger charge is -2.25. The Kier molecular flexibility index (Phi) is 4.66. The first kappa shape index (κ1) is 16.9. The van der Waals surface area contributed by atoms with Crippen LogP contribution in [-0.4, -0.2) is 31.3 Å². The normalized spacial score (nSPS) is 20.7. The van der Waals surface area contributed by atoms with Gasteiger partial charge in [0.25, 0.3) is 0 Å². The van der Waals surface area contributed by atoms with Crippen LogP contribution in [0.2, 0.25) is 0 Å². The Bertz CT molecular complexity index is 745. The molecule has 0 aliphatic carbocycles. The summed E-state index contributed by atoms with van der Waals surface area (Å²) < 4.78 is 32.0. The van der Waals surface area contributed by atoms with Crippen LogP contribution in [0.15, 0.2) is 52.5 Å². The molecule has 1 atom stereocenters. The van der Waals surface area contributed by atoms with Gasteiger partial charge in [-0.15, -0.1) is 9.71 Å². The van der Waals surface area contributed by atoms with Gasteiger partial charge >= 0.3 is 5.91 Å². The summed E-state index contributed by atoms with van der Waals surface area (Å²) in [6.07, 6.45) is 2.31. The zero-order valence-electron chi connectivity index (χ0n) is 12.5. The van der Waals surface area contributed by atoms with E-state index in [4.69, 9.17) is 4.74 Å². The maximum atomic E-state index is 12.3. The molecule has 1 aromatic carbocycles. The molecule has 10 heteroatoms. The molecule has 0 saturated carbocycles. The Labute approximate surface area is 133 Å². The molecule has 1 aromatic rings. The van der Waals surface area contributed by atoms with Gasteiger partial charge in [-0.05, 0) is 26.0 Å². The molecule has 9 nitrogen and oxygen atoms in total. The number of aliphatic imine (C=N–C) groups is 1. The van der Waals surface area contributed by atoms with E-state index in [-0.39, 0.29) is 16.9 Å². The lowest BCUT2D eigenvalue weighted by atomic mass is 10.4. The van der Waals surface area contributed by atoms with Gasteiger partial charge in [0.05, 0.1) is 15.9 Å². The summed E-state index contributed by atoms with van der Waals surface area (Å²) in [5, 5.41) is 13.8. The third-order valence-corrected chi connectivity index (χ3v) is 4.18. The van der Waals surface area contributed by atoms with Crippen molar-refractivity contribution in [2.75, 3.05) is 0 Å². The molecule has 1 unspecified atom stereocenters. The van der Waals surface area contributed by atoms with Crippen LogP contribution in [0.5, 0.6) is 0 Å². The SMILES string of the molecule is CC(C)OC1=NC(NS(=O)(=O)c2ccccc2)([N+](=O)[O-])NC=C1. The van der Waals surface area contributed by atoms with Crippen LogP contribution in [0.1, 0.15) is 13.8 Å². The molecule has 0 amide bonds. The number of ether oxygens (including phenoxy) is 1. The van der Waals surface area contributed by atoms with E-state index in [1.165, 1.54) is 36.5 Å². The van der Waals surface area contributed by atoms with E-state index in [1.807, 2.05) is 4.72 Å². The highest BCUT2D eigenvalue weighted by molar-refractivity contribution is 7.89. The molecule has 0 fully saturated rings. The van der Waals surface area contributed by atoms with Crippen LogP contribution in [0, 0.1) is 10.1 Å². The van der Waals surface area contributed by atoms with E-state index in [1.54, 1.807) is 19.9 Å². The van der Waals surface area contributed by atoms with Crippen LogP contribution in [0.3, 0.4) is 0 Å². The smallest absolute Gasteiger partial charge is 0.472 e. The first-order valence-electron chi connectivity index (χ1n) is 6.69. The number of benzene rings is 1. The Morgan fingerprint density at radius 2 is 2.00 bits per heavy atom. The summed E-state index contributed by atoms with van der Waals surface area (Å²) in [5.74, 6) is -2.51. The van der Waals surface area contributed by atoms with Gasteiger partial charge in [-0.25, -0.2) is 8.42 Å². The van der Waals surface area contributed by atoms with E-state index in [2.05, 4.69) is 10.3 Å². The summed E-state index contributed by atoms with van der Waals surface area (Å²) >= 11 is 0. The maximum absolute atomic E-state index is 12.3. The van der Waals surface area contributed by atoms with Gasteiger partial charge in [0, 0.05) is 12.3 Å². The number of nitro groups is 1. The molecule has 0 spiro atoms. The van der Waals surface area contributed by atoms with E-state index >= 15 is 0 Å². The third-order valence-electron chi connectivity index (χ3n) is 2.73. The highest BCUT2D eigenvalue weighted by Crippen LogP contribution is 2.16. The zero-order chi connectivity index (χ0) is 17.1. The molecule has 0 bridgehead atoms. The molecule has 1 aliphatic rings. The predicted molar refractivity (Wildman–Crippen MR) is 82.4 cm³/mol. The van der Waals surface area contributed by atoms with Crippen molar-refractivity contribution in [2.45, 2.75) is 30.8 Å². The number of rotatable bonds is 5. The molecule has 0 radical (unpaired) electrons. The Hall–Kier alpha value is -2.46. The topological polar surface area (TPSA) is 123 Å². The van der Waals surface area contributed by atoms with E-state index in [0.717, 1.165) is 0 Å². The van der Waals surface area contributed by atoms with Crippen LogP contribution in [0.4, 0.5) is 0 Å². The van der Waals surface area contributed by atoms with Gasteiger partial charge < -0.3 is 4.74 Å². The highest BCUT2D eigenvalue weighted by atomic mass is 32.2. The number of hydrogen-bond acceptors (Lipinski definition) is 7. The fraction of sp³-hybridized carbons (Fsp3) is 0.308. The van der Waals surface area contributed by atoms with Crippen molar-refractivity contribution in [3.05, 3.63) is 52.7 Å². The number of sulfonamides is 1. The van der Waals surface area contributed by atoms with Gasteiger partial charge in [0.15, 0.2) is 0 Å². The van der Waals surface area contributed by atoms with E-state index in [9.17, 15) is 18.5 Å². The molecule has 2 N–H and O–H groups in total. The average molecular weight is 340 g/mol. The zero-order valence-corrected chi connectivity index (χ0v) is 13.3. The predicted octanol–water partition coefficient (Wildman–Crippen LogP) is 0.793. The summed E-state index contributed by atoms with van der Waals surface area (Å²) in [6.45, 7) is 3.45. The first-order chi connectivity index (χ1) is 10.8. The van der Waals surface area contributed by atoms with Gasteiger partial charge in [-0.1, -0.05) is 18.2 Å². The van der Waals surface area contributed by atoms with Gasteiger partial charge in [0.1, 0.15) is 0 Å². The van der Waals surface area contributed by atoms with Crippen molar-refractivity contribution in [3.63, 3.8) is 0 Å². The average Bonchev–Trinajstić information content (AvgIpc) is 2.47. The van der Waals surface area contributed by atoms with Gasteiger partial charge in [0.2, 0.25) is 15.9 Å². The number of nitrogens with zero attached hydrogens (tertiary/aromatic N) is 2. The van der Waals surface area contributed by atoms with Crippen molar-refractivity contribution in [2.24, 2.45) is 4.99 Å². The molecule has 0 aromatic heterocycles. The molecule has 0 saturated heterocycles. The second-order valence-electron chi connectivity index (χ2n) is 4.94. The van der Waals surface area contributed by atoms with Crippen molar-refractivity contribution in [1.29, 1.82) is 0 Å². The molecule has 23 heavy (non-hydrogen) atoms. The number of hydrogen-bond donors (Lipinski definition) is 2. The summed E-state index contributed by atoms with van der Waals surface area (Å²) in [6, 6.07) is 7.31. The Morgan fingerprint density at radius 3 is 2.57 bits per heavy atom. The second kappa shape index (κ2) is 6.34. The minimum Gasteiger partial charge on any atom is -0.475 e. The summed E-state index contributed by atoms with van der Waals surface area (Å²) in [4.78, 5) is 14.2. The molecule has 1 heterocycles. The molecule has 124 valence electrons. The van der Waals surface area contributed by atoms with Crippen molar-refractivity contribution >= 4 is 15.9 Å². The largest absolute Gasteiger partial charge is 0.475 e. The van der Waals surface area contributed by atoms with Crippen molar-refractivity contribution < 1.29 is 18.1 Å². The molecular formula is C13H16N4O5S. The lowest BCUT2D eigenvalue weighted by molar-refractivity contribution is -0.578. The van der Waals surface area contributed by atoms with Gasteiger partial charge in [-0.3, -0.25) is 15.4 Å². The lowest BCUT2D eigenvalue weighted by Crippen LogP contribution is -2.62. The van der Waals surface area contributed by atoms with E-state index < -0.39 is 20.9 Å². The maximum Gasteiger partial charge on any atom is 0.472 e. The first-order valence-corrected chi connectivity index (χ1v) is 8.18. The van der Waals surface area contributed by atoms with Crippen molar-refractivity contribution in [3.8, 4) is 0 Å². The van der Waals surface area contributed by atoms with Crippen LogP contribution >= 0.6 is 0 Å².